The molecule has 2 aliphatic heterocycles. The van der Waals surface area contributed by atoms with E-state index in [4.69, 9.17) is 9.47 Å². The van der Waals surface area contributed by atoms with E-state index < -0.39 is 16.1 Å². The van der Waals surface area contributed by atoms with Crippen molar-refractivity contribution in [3.8, 4) is 11.5 Å². The van der Waals surface area contributed by atoms with E-state index >= 15 is 0 Å². The predicted octanol–water partition coefficient (Wildman–Crippen LogP) is 1.82. The molecule has 1 amide bonds. The van der Waals surface area contributed by atoms with Crippen LogP contribution in [0.25, 0.3) is 10.2 Å². The third kappa shape index (κ3) is 3.36. The van der Waals surface area contributed by atoms with E-state index in [9.17, 15) is 13.2 Å². The van der Waals surface area contributed by atoms with Crippen molar-refractivity contribution < 1.29 is 22.7 Å². The Bertz CT molecular complexity index is 913. The van der Waals surface area contributed by atoms with Gasteiger partial charge < -0.3 is 14.8 Å². The van der Waals surface area contributed by atoms with Crippen LogP contribution >= 0.6 is 11.3 Å². The van der Waals surface area contributed by atoms with Gasteiger partial charge in [0, 0.05) is 18.7 Å². The number of hydrogen-bond donors (Lipinski definition) is 1. The zero-order valence-electron chi connectivity index (χ0n) is 14.2. The molecule has 0 bridgehead atoms. The Kier molecular flexibility index (Phi) is 4.49. The average molecular weight is 397 g/mol. The molecule has 1 unspecified atom stereocenters. The minimum Gasteiger partial charge on any atom is -0.486 e. The summed E-state index contributed by atoms with van der Waals surface area (Å²) in [5.41, 5.74) is 0.707. The first-order valence-electron chi connectivity index (χ1n) is 8.40. The molecule has 10 heteroatoms. The van der Waals surface area contributed by atoms with Gasteiger partial charge in [0.05, 0.1) is 16.5 Å². The third-order valence-electron chi connectivity index (χ3n) is 4.46. The van der Waals surface area contributed by atoms with Gasteiger partial charge in [-0.2, -0.15) is 4.31 Å². The number of piperidine rings is 1. The maximum absolute atomic E-state index is 12.7. The number of hydrogen-bond acceptors (Lipinski definition) is 7. The molecule has 1 fully saturated rings. The Labute approximate surface area is 155 Å². The van der Waals surface area contributed by atoms with E-state index in [0.717, 1.165) is 23.8 Å². The number of nitrogens with one attached hydrogen (secondary N) is 1. The second kappa shape index (κ2) is 6.67. The summed E-state index contributed by atoms with van der Waals surface area (Å²) in [6.07, 6.45) is 3.25. The molecule has 0 aliphatic carbocycles. The van der Waals surface area contributed by atoms with Gasteiger partial charge in [-0.05, 0) is 12.8 Å². The minimum absolute atomic E-state index is 0.341. The highest BCUT2D eigenvalue weighted by atomic mass is 32.2. The van der Waals surface area contributed by atoms with Gasteiger partial charge in [-0.1, -0.05) is 17.8 Å². The summed E-state index contributed by atoms with van der Waals surface area (Å²) in [7, 11) is -3.43. The molecule has 8 nitrogen and oxygen atoms in total. The molecule has 140 valence electrons. The van der Waals surface area contributed by atoms with Crippen LogP contribution in [0.1, 0.15) is 19.3 Å². The van der Waals surface area contributed by atoms with Crippen LogP contribution in [0.2, 0.25) is 0 Å². The molecule has 26 heavy (non-hydrogen) atoms. The van der Waals surface area contributed by atoms with Crippen LogP contribution in [0.4, 0.5) is 5.13 Å². The summed E-state index contributed by atoms with van der Waals surface area (Å²) in [5, 5.41) is 3.21. The molecule has 0 saturated carbocycles. The molecule has 1 aromatic carbocycles. The molecule has 2 aliphatic rings. The fourth-order valence-electron chi connectivity index (χ4n) is 3.27. The predicted molar refractivity (Wildman–Crippen MR) is 98.4 cm³/mol. The molecule has 1 atom stereocenters. The number of fused-ring (bicyclic) bond motifs is 2. The smallest absolute Gasteiger partial charge is 0.244 e. The normalized spacial score (nSPS) is 20.9. The lowest BCUT2D eigenvalue weighted by atomic mass is 10.0. The first-order valence-corrected chi connectivity index (χ1v) is 11.1. The van der Waals surface area contributed by atoms with E-state index in [2.05, 4.69) is 10.3 Å². The lowest BCUT2D eigenvalue weighted by Crippen LogP contribution is -2.49. The van der Waals surface area contributed by atoms with Gasteiger partial charge >= 0.3 is 0 Å². The summed E-state index contributed by atoms with van der Waals surface area (Å²) in [5.74, 6) is 0.967. The highest BCUT2D eigenvalue weighted by molar-refractivity contribution is 7.88. The van der Waals surface area contributed by atoms with E-state index in [1.807, 2.05) is 6.07 Å². The molecule has 0 radical (unpaired) electrons. The second-order valence-electron chi connectivity index (χ2n) is 6.36. The van der Waals surface area contributed by atoms with Crippen molar-refractivity contribution in [3.63, 3.8) is 0 Å². The summed E-state index contributed by atoms with van der Waals surface area (Å²) in [6.45, 7) is 1.37. The Morgan fingerprint density at radius 2 is 2.00 bits per heavy atom. The number of thiazole rings is 1. The van der Waals surface area contributed by atoms with Crippen LogP contribution in [-0.4, -0.2) is 55.7 Å². The molecular weight excluding hydrogens is 378 g/mol. The van der Waals surface area contributed by atoms with Crippen molar-refractivity contribution in [2.45, 2.75) is 25.3 Å². The van der Waals surface area contributed by atoms with Crippen molar-refractivity contribution in [1.82, 2.24) is 9.29 Å². The van der Waals surface area contributed by atoms with Gasteiger partial charge in [0.25, 0.3) is 0 Å². The number of benzene rings is 1. The number of carbonyl (C=O) groups is 1. The second-order valence-corrected chi connectivity index (χ2v) is 9.32. The van der Waals surface area contributed by atoms with Gasteiger partial charge in [-0.3, -0.25) is 4.79 Å². The van der Waals surface area contributed by atoms with Crippen LogP contribution in [-0.2, 0) is 14.8 Å². The maximum Gasteiger partial charge on any atom is 0.244 e. The number of rotatable bonds is 3. The van der Waals surface area contributed by atoms with Gasteiger partial charge in [-0.15, -0.1) is 0 Å². The quantitative estimate of drug-likeness (QED) is 0.848. The molecule has 1 aromatic heterocycles. The monoisotopic (exact) mass is 397 g/mol. The highest BCUT2D eigenvalue weighted by Crippen LogP contribution is 2.38. The van der Waals surface area contributed by atoms with E-state index in [0.29, 0.717) is 48.3 Å². The molecule has 1 saturated heterocycles. The minimum atomic E-state index is -3.43. The zero-order valence-corrected chi connectivity index (χ0v) is 15.9. The standard InChI is InChI=1S/C16H19N3O5S2/c1-26(21,22)19-5-3-2-4-11(19)15(20)18-16-17-10-8-12-13(9-14(10)25-16)24-7-6-23-12/h8-9,11H,2-7H2,1H3,(H,17,18,20). The average Bonchev–Trinajstić information content (AvgIpc) is 2.99. The van der Waals surface area contributed by atoms with Crippen LogP contribution in [0.15, 0.2) is 12.1 Å². The van der Waals surface area contributed by atoms with Crippen molar-refractivity contribution in [3.05, 3.63) is 12.1 Å². The van der Waals surface area contributed by atoms with Crippen LogP contribution in [0.5, 0.6) is 11.5 Å². The van der Waals surface area contributed by atoms with Crippen molar-refractivity contribution in [2.24, 2.45) is 0 Å². The summed E-state index contributed by atoms with van der Waals surface area (Å²) in [6, 6.07) is 2.95. The number of anilines is 1. The Morgan fingerprint density at radius 3 is 2.73 bits per heavy atom. The number of sulfonamides is 1. The molecular formula is C16H19N3O5S2. The summed E-state index contributed by atoms with van der Waals surface area (Å²) < 4.78 is 37.1. The van der Waals surface area contributed by atoms with E-state index in [1.165, 1.54) is 15.6 Å². The Hall–Kier alpha value is -1.91. The topological polar surface area (TPSA) is 97.8 Å². The van der Waals surface area contributed by atoms with Gasteiger partial charge in [0.15, 0.2) is 16.6 Å². The van der Waals surface area contributed by atoms with Crippen molar-refractivity contribution in [1.29, 1.82) is 0 Å². The lowest BCUT2D eigenvalue weighted by molar-refractivity contribution is -0.120. The Morgan fingerprint density at radius 1 is 1.27 bits per heavy atom. The van der Waals surface area contributed by atoms with Gasteiger partial charge in [-0.25, -0.2) is 13.4 Å². The number of aromatic nitrogens is 1. The Balaban J connectivity index is 1.57. The molecule has 3 heterocycles. The molecule has 1 N–H and O–H groups in total. The third-order valence-corrected chi connectivity index (χ3v) is 6.69. The van der Waals surface area contributed by atoms with E-state index in [1.54, 1.807) is 6.07 Å². The lowest BCUT2D eigenvalue weighted by Gasteiger charge is -2.32. The first-order chi connectivity index (χ1) is 12.4. The molecule has 2 aromatic rings. The number of nitrogens with zero attached hydrogens (tertiary/aromatic N) is 2. The SMILES string of the molecule is CS(=O)(=O)N1CCCCC1C(=O)Nc1nc2cc3c(cc2s1)OCCO3. The van der Waals surface area contributed by atoms with Crippen molar-refractivity contribution >= 4 is 42.6 Å². The highest BCUT2D eigenvalue weighted by Gasteiger charge is 2.34. The molecule has 0 spiro atoms. The van der Waals surface area contributed by atoms with Crippen LogP contribution in [0.3, 0.4) is 0 Å². The van der Waals surface area contributed by atoms with Crippen LogP contribution in [0, 0.1) is 0 Å². The first kappa shape index (κ1) is 17.5. The summed E-state index contributed by atoms with van der Waals surface area (Å²) >= 11 is 1.32. The van der Waals surface area contributed by atoms with E-state index in [-0.39, 0.29) is 5.91 Å². The fraction of sp³-hybridized carbons (Fsp3) is 0.500. The largest absolute Gasteiger partial charge is 0.486 e. The number of carbonyl (C=O) groups excluding carboxylic acids is 1. The number of amides is 1. The van der Waals surface area contributed by atoms with Gasteiger partial charge in [0.2, 0.25) is 15.9 Å². The summed E-state index contributed by atoms with van der Waals surface area (Å²) in [4.78, 5) is 17.1. The zero-order chi connectivity index (χ0) is 18.3. The van der Waals surface area contributed by atoms with Crippen molar-refractivity contribution in [2.75, 3.05) is 31.3 Å². The molecule has 4 rings (SSSR count). The fourth-order valence-corrected chi connectivity index (χ4v) is 5.27. The number of ether oxygens (including phenoxy) is 2. The van der Waals surface area contributed by atoms with Gasteiger partial charge in [0.1, 0.15) is 19.3 Å². The van der Waals surface area contributed by atoms with Crippen LogP contribution < -0.4 is 14.8 Å². The maximum atomic E-state index is 12.7.